The SMILES string of the molecule is Cc1ccc(-c2nnn(CC(=O)N(C3CCCCC3)C(C(=O)NC3CCCC3)c3ccco3)n2)o1. The predicted octanol–water partition coefficient (Wildman–Crippen LogP) is 3.80. The highest BCUT2D eigenvalue weighted by Gasteiger charge is 2.39. The molecule has 0 radical (unpaired) electrons. The maximum absolute atomic E-state index is 13.8. The lowest BCUT2D eigenvalue weighted by molar-refractivity contribution is -0.146. The van der Waals surface area contributed by atoms with Gasteiger partial charge in [0, 0.05) is 12.1 Å². The molecule has 3 heterocycles. The Kier molecular flexibility index (Phi) is 6.96. The van der Waals surface area contributed by atoms with Gasteiger partial charge in [0.25, 0.3) is 5.91 Å². The average molecular weight is 481 g/mol. The second-order valence-electron chi connectivity index (χ2n) is 9.55. The molecule has 2 aliphatic carbocycles. The van der Waals surface area contributed by atoms with Gasteiger partial charge >= 0.3 is 0 Å². The molecule has 186 valence electrons. The van der Waals surface area contributed by atoms with Crippen LogP contribution in [0.3, 0.4) is 0 Å². The van der Waals surface area contributed by atoms with E-state index < -0.39 is 6.04 Å². The lowest BCUT2D eigenvalue weighted by Crippen LogP contribution is -2.51. The van der Waals surface area contributed by atoms with Gasteiger partial charge in [0.2, 0.25) is 11.7 Å². The fourth-order valence-electron chi connectivity index (χ4n) is 5.27. The molecule has 1 atom stereocenters. The van der Waals surface area contributed by atoms with E-state index in [1.165, 1.54) is 4.80 Å². The van der Waals surface area contributed by atoms with Crippen molar-refractivity contribution in [3.05, 3.63) is 42.0 Å². The minimum absolute atomic E-state index is 0.0589. The van der Waals surface area contributed by atoms with Gasteiger partial charge in [-0.15, -0.1) is 10.2 Å². The van der Waals surface area contributed by atoms with Crippen LogP contribution in [0.4, 0.5) is 0 Å². The van der Waals surface area contributed by atoms with Gasteiger partial charge in [-0.25, -0.2) is 0 Å². The molecule has 35 heavy (non-hydrogen) atoms. The Morgan fingerprint density at radius 2 is 1.89 bits per heavy atom. The smallest absolute Gasteiger partial charge is 0.250 e. The molecule has 0 aromatic carbocycles. The van der Waals surface area contributed by atoms with Gasteiger partial charge in [-0.05, 0) is 62.1 Å². The van der Waals surface area contributed by atoms with Crippen LogP contribution in [0.15, 0.2) is 39.4 Å². The summed E-state index contributed by atoms with van der Waals surface area (Å²) >= 11 is 0. The molecule has 0 spiro atoms. The Morgan fingerprint density at radius 1 is 1.11 bits per heavy atom. The van der Waals surface area contributed by atoms with Crippen molar-refractivity contribution >= 4 is 11.8 Å². The quantitative estimate of drug-likeness (QED) is 0.521. The third-order valence-corrected chi connectivity index (χ3v) is 6.99. The molecule has 1 N–H and O–H groups in total. The summed E-state index contributed by atoms with van der Waals surface area (Å²) in [5, 5.41) is 15.6. The van der Waals surface area contributed by atoms with E-state index in [0.29, 0.717) is 17.3 Å². The molecule has 0 bridgehead atoms. The second-order valence-corrected chi connectivity index (χ2v) is 9.55. The van der Waals surface area contributed by atoms with Gasteiger partial charge in [-0.3, -0.25) is 9.59 Å². The van der Waals surface area contributed by atoms with Crippen molar-refractivity contribution in [3.8, 4) is 11.6 Å². The number of hydrogen-bond donors (Lipinski definition) is 1. The molecule has 5 rings (SSSR count). The van der Waals surface area contributed by atoms with Crippen LogP contribution in [-0.4, -0.2) is 49.0 Å². The van der Waals surface area contributed by atoms with Crippen molar-refractivity contribution in [2.75, 3.05) is 0 Å². The molecule has 2 fully saturated rings. The Morgan fingerprint density at radius 3 is 2.57 bits per heavy atom. The number of furan rings is 2. The van der Waals surface area contributed by atoms with E-state index in [1.54, 1.807) is 29.4 Å². The molecule has 0 aliphatic heterocycles. The van der Waals surface area contributed by atoms with Crippen molar-refractivity contribution in [2.45, 2.75) is 89.4 Å². The predicted molar refractivity (Wildman–Crippen MR) is 126 cm³/mol. The average Bonchev–Trinajstić information content (AvgIpc) is 3.66. The maximum Gasteiger partial charge on any atom is 0.250 e. The Hall–Kier alpha value is -3.43. The number of nitrogens with one attached hydrogen (secondary N) is 1. The van der Waals surface area contributed by atoms with Crippen LogP contribution in [0.1, 0.15) is 75.3 Å². The topological polar surface area (TPSA) is 119 Å². The van der Waals surface area contributed by atoms with E-state index >= 15 is 0 Å². The van der Waals surface area contributed by atoms with Crippen molar-refractivity contribution in [1.82, 2.24) is 30.4 Å². The fraction of sp³-hybridized carbons (Fsp3) is 0.560. The molecule has 0 saturated heterocycles. The maximum atomic E-state index is 13.8. The van der Waals surface area contributed by atoms with Gasteiger partial charge in [0.15, 0.2) is 11.8 Å². The molecule has 2 aliphatic rings. The summed E-state index contributed by atoms with van der Waals surface area (Å²) in [6, 6.07) is 6.36. The second kappa shape index (κ2) is 10.5. The van der Waals surface area contributed by atoms with E-state index in [9.17, 15) is 9.59 Å². The third-order valence-electron chi connectivity index (χ3n) is 6.99. The number of carbonyl (C=O) groups is 2. The van der Waals surface area contributed by atoms with E-state index in [-0.39, 0.29) is 30.4 Å². The van der Waals surface area contributed by atoms with Crippen molar-refractivity contribution in [2.24, 2.45) is 0 Å². The number of carbonyl (C=O) groups excluding carboxylic acids is 2. The molecule has 2 amide bonds. The van der Waals surface area contributed by atoms with Gasteiger partial charge in [-0.2, -0.15) is 4.80 Å². The summed E-state index contributed by atoms with van der Waals surface area (Å²) in [5.74, 6) is 1.60. The number of aromatic nitrogens is 4. The first-order valence-corrected chi connectivity index (χ1v) is 12.6. The van der Waals surface area contributed by atoms with Crippen LogP contribution in [0, 0.1) is 6.92 Å². The molecule has 1 unspecified atom stereocenters. The van der Waals surface area contributed by atoms with E-state index in [4.69, 9.17) is 8.83 Å². The first-order valence-electron chi connectivity index (χ1n) is 12.6. The third kappa shape index (κ3) is 5.31. The molecule has 3 aromatic heterocycles. The standard InChI is InChI=1S/C25H32N6O4/c1-17-13-14-21(35-17)24-27-29-30(28-24)16-22(32)31(19-10-3-2-4-11-19)23(20-12-7-15-34-20)25(33)26-18-8-5-6-9-18/h7,12-15,18-19,23H,2-6,8-11,16H2,1H3,(H,26,33). The van der Waals surface area contributed by atoms with E-state index in [0.717, 1.165) is 63.5 Å². The summed E-state index contributed by atoms with van der Waals surface area (Å²) in [4.78, 5) is 30.4. The van der Waals surface area contributed by atoms with E-state index in [1.807, 2.05) is 13.0 Å². The normalized spacial score (nSPS) is 18.0. The van der Waals surface area contributed by atoms with Crippen molar-refractivity contribution in [3.63, 3.8) is 0 Å². The molecule has 2 saturated carbocycles. The highest BCUT2D eigenvalue weighted by molar-refractivity contribution is 5.88. The number of amides is 2. The first kappa shape index (κ1) is 23.3. The van der Waals surface area contributed by atoms with E-state index in [2.05, 4.69) is 20.7 Å². The number of aryl methyl sites for hydroxylation is 1. The molecule has 3 aromatic rings. The fourth-order valence-corrected chi connectivity index (χ4v) is 5.27. The van der Waals surface area contributed by atoms with Crippen LogP contribution >= 0.6 is 0 Å². The molecule has 10 nitrogen and oxygen atoms in total. The van der Waals surface area contributed by atoms with Crippen molar-refractivity contribution < 1.29 is 18.4 Å². The van der Waals surface area contributed by atoms with Crippen LogP contribution in [-0.2, 0) is 16.1 Å². The number of tetrazole rings is 1. The summed E-state index contributed by atoms with van der Waals surface area (Å²) in [7, 11) is 0. The largest absolute Gasteiger partial charge is 0.467 e. The van der Waals surface area contributed by atoms with Gasteiger partial charge in [-0.1, -0.05) is 32.1 Å². The van der Waals surface area contributed by atoms with Crippen molar-refractivity contribution in [1.29, 1.82) is 0 Å². The van der Waals surface area contributed by atoms with Crippen LogP contribution in [0.25, 0.3) is 11.6 Å². The van der Waals surface area contributed by atoms with Crippen LogP contribution < -0.4 is 5.32 Å². The summed E-state index contributed by atoms with van der Waals surface area (Å²) < 4.78 is 11.3. The number of rotatable bonds is 8. The Balaban J connectivity index is 1.41. The highest BCUT2D eigenvalue weighted by Crippen LogP contribution is 2.32. The molecular weight excluding hydrogens is 448 g/mol. The van der Waals surface area contributed by atoms with Gasteiger partial charge in [0.1, 0.15) is 18.1 Å². The van der Waals surface area contributed by atoms with Crippen LogP contribution in [0.2, 0.25) is 0 Å². The lowest BCUT2D eigenvalue weighted by atomic mass is 9.92. The zero-order chi connectivity index (χ0) is 24.2. The summed E-state index contributed by atoms with van der Waals surface area (Å²) in [6.45, 7) is 1.71. The highest BCUT2D eigenvalue weighted by atomic mass is 16.3. The minimum atomic E-state index is -0.836. The molecular formula is C25H32N6O4. The first-order chi connectivity index (χ1) is 17.1. The monoisotopic (exact) mass is 480 g/mol. The minimum Gasteiger partial charge on any atom is -0.467 e. The zero-order valence-corrected chi connectivity index (χ0v) is 20.1. The Bertz CT molecular complexity index is 1120. The lowest BCUT2D eigenvalue weighted by Gasteiger charge is -2.38. The van der Waals surface area contributed by atoms with Gasteiger partial charge < -0.3 is 19.1 Å². The zero-order valence-electron chi connectivity index (χ0n) is 20.1. The van der Waals surface area contributed by atoms with Crippen LogP contribution in [0.5, 0.6) is 0 Å². The van der Waals surface area contributed by atoms with Gasteiger partial charge in [0.05, 0.1) is 6.26 Å². The number of hydrogen-bond acceptors (Lipinski definition) is 7. The summed E-state index contributed by atoms with van der Waals surface area (Å²) in [5.41, 5.74) is 0. The summed E-state index contributed by atoms with van der Waals surface area (Å²) in [6.07, 6.45) is 10.6. The number of nitrogens with zero attached hydrogens (tertiary/aromatic N) is 5. The molecule has 10 heteroatoms. The Labute approximate surface area is 204 Å².